The van der Waals surface area contributed by atoms with Gasteiger partial charge >= 0.3 is 18.1 Å². The molecule has 0 aliphatic carbocycles. The summed E-state index contributed by atoms with van der Waals surface area (Å²) in [7, 11) is 1.08. The number of amides is 2. The first-order chi connectivity index (χ1) is 18.9. The van der Waals surface area contributed by atoms with E-state index in [2.05, 4.69) is 20.4 Å². The first kappa shape index (κ1) is 30.1. The number of aliphatic hydroxyl groups is 1. The summed E-state index contributed by atoms with van der Waals surface area (Å²) in [5, 5.41) is 15.4. The van der Waals surface area contributed by atoms with Crippen molar-refractivity contribution in [3.8, 4) is 5.75 Å². The normalized spacial score (nSPS) is 13.7. The van der Waals surface area contributed by atoms with Gasteiger partial charge in [-0.25, -0.2) is 9.59 Å². The molecule has 0 unspecified atom stereocenters. The molecule has 2 amide bonds. The summed E-state index contributed by atoms with van der Waals surface area (Å²) in [6, 6.07) is 8.38. The lowest BCUT2D eigenvalue weighted by molar-refractivity contribution is -0.189. The fraction of sp³-hybridized carbons (Fsp3) is 0.308. The van der Waals surface area contributed by atoms with Gasteiger partial charge in [0.2, 0.25) is 11.8 Å². The quantitative estimate of drug-likeness (QED) is 0.169. The van der Waals surface area contributed by atoms with Crippen molar-refractivity contribution in [1.82, 2.24) is 15.6 Å². The third-order valence-corrected chi connectivity index (χ3v) is 5.87. The second-order valence-electron chi connectivity index (χ2n) is 8.73. The van der Waals surface area contributed by atoms with E-state index in [1.165, 1.54) is 12.1 Å². The number of nitrogens with one attached hydrogen (secondary N) is 3. The number of nitrogens with two attached hydrogens (primary N) is 1. The van der Waals surface area contributed by atoms with Crippen LogP contribution in [0.2, 0.25) is 0 Å². The number of methoxy groups -OCH3 is 1. The molecule has 3 atom stereocenters. The van der Waals surface area contributed by atoms with E-state index in [1.807, 2.05) is 24.3 Å². The number of para-hydroxylation sites is 1. The average Bonchev–Trinajstić information content (AvgIpc) is 3.33. The van der Waals surface area contributed by atoms with Gasteiger partial charge in [0.25, 0.3) is 0 Å². The van der Waals surface area contributed by atoms with Crippen molar-refractivity contribution < 1.29 is 46.9 Å². The zero-order chi connectivity index (χ0) is 29.4. The van der Waals surface area contributed by atoms with Crippen LogP contribution in [0.5, 0.6) is 5.75 Å². The van der Waals surface area contributed by atoms with Crippen molar-refractivity contribution in [3.63, 3.8) is 0 Å². The number of fused-ring (bicyclic) bond motifs is 1. The second-order valence-corrected chi connectivity index (χ2v) is 8.73. The Kier molecular flexibility index (Phi) is 9.85. The van der Waals surface area contributed by atoms with Crippen LogP contribution in [0.4, 0.5) is 13.2 Å². The second kappa shape index (κ2) is 13.1. The average molecular weight is 565 g/mol. The maximum absolute atomic E-state index is 12.8. The Labute approximate surface area is 225 Å². The van der Waals surface area contributed by atoms with Crippen LogP contribution in [0.3, 0.4) is 0 Å². The van der Waals surface area contributed by atoms with Crippen LogP contribution in [0.15, 0.2) is 54.7 Å². The number of alkyl halides is 3. The first-order valence-electron chi connectivity index (χ1n) is 11.9. The molecule has 11 nitrogen and oxygen atoms in total. The molecule has 0 fully saturated rings. The number of hydrogen-bond acceptors (Lipinski definition) is 8. The van der Waals surface area contributed by atoms with Crippen molar-refractivity contribution >= 4 is 34.7 Å². The molecular formula is C26H27F3N4O7. The molecule has 3 rings (SSSR count). The summed E-state index contributed by atoms with van der Waals surface area (Å²) in [4.78, 5) is 51.8. The fourth-order valence-corrected chi connectivity index (χ4v) is 3.81. The van der Waals surface area contributed by atoms with E-state index in [0.29, 0.717) is 5.56 Å². The van der Waals surface area contributed by atoms with Gasteiger partial charge in [-0.1, -0.05) is 30.3 Å². The summed E-state index contributed by atoms with van der Waals surface area (Å²) in [6.45, 7) is -0.801. The van der Waals surface area contributed by atoms with E-state index in [0.717, 1.165) is 35.7 Å². The molecule has 214 valence electrons. The molecule has 0 aliphatic rings. The topological polar surface area (TPSA) is 173 Å². The summed E-state index contributed by atoms with van der Waals surface area (Å²) in [6.07, 6.45) is -3.47. The minimum Gasteiger partial charge on any atom is -0.467 e. The van der Waals surface area contributed by atoms with Crippen LogP contribution in [-0.2, 0) is 36.8 Å². The van der Waals surface area contributed by atoms with Gasteiger partial charge in [-0.3, -0.25) is 9.59 Å². The molecule has 1 aromatic heterocycles. The van der Waals surface area contributed by atoms with Crippen molar-refractivity contribution in [2.24, 2.45) is 5.73 Å². The number of carbonyl (C=O) groups is 4. The number of aliphatic hydroxyl groups excluding tert-OH is 1. The van der Waals surface area contributed by atoms with E-state index in [-0.39, 0.29) is 18.6 Å². The van der Waals surface area contributed by atoms with Crippen molar-refractivity contribution in [2.75, 3.05) is 13.7 Å². The lowest BCUT2D eigenvalue weighted by atomic mass is 10.0. The molecule has 6 N–H and O–H groups in total. The summed E-state index contributed by atoms with van der Waals surface area (Å²) < 4.78 is 46.1. The Morgan fingerprint density at radius 2 is 1.62 bits per heavy atom. The van der Waals surface area contributed by atoms with E-state index < -0.39 is 54.7 Å². The van der Waals surface area contributed by atoms with Gasteiger partial charge < -0.3 is 35.9 Å². The maximum Gasteiger partial charge on any atom is 0.491 e. The van der Waals surface area contributed by atoms with Crippen molar-refractivity contribution in [1.29, 1.82) is 0 Å². The summed E-state index contributed by atoms with van der Waals surface area (Å²) in [5.41, 5.74) is 8.05. The number of aromatic nitrogens is 1. The van der Waals surface area contributed by atoms with Gasteiger partial charge in [-0.15, -0.1) is 0 Å². The van der Waals surface area contributed by atoms with Gasteiger partial charge in [0.05, 0.1) is 19.8 Å². The predicted octanol–water partition coefficient (Wildman–Crippen LogP) is 0.883. The Balaban J connectivity index is 1.61. The number of rotatable bonds is 11. The van der Waals surface area contributed by atoms with Gasteiger partial charge in [0.15, 0.2) is 0 Å². The molecule has 0 bridgehead atoms. The lowest BCUT2D eigenvalue weighted by Gasteiger charge is -2.22. The van der Waals surface area contributed by atoms with Gasteiger partial charge in [-0.05, 0) is 35.7 Å². The van der Waals surface area contributed by atoms with Crippen LogP contribution < -0.4 is 21.1 Å². The minimum absolute atomic E-state index is 0.147. The molecule has 40 heavy (non-hydrogen) atoms. The smallest absolute Gasteiger partial charge is 0.467 e. The Morgan fingerprint density at radius 1 is 0.975 bits per heavy atom. The van der Waals surface area contributed by atoms with E-state index in [9.17, 15) is 37.5 Å². The van der Waals surface area contributed by atoms with E-state index in [1.54, 1.807) is 6.20 Å². The molecule has 3 aromatic rings. The molecule has 14 heteroatoms. The predicted molar refractivity (Wildman–Crippen MR) is 135 cm³/mol. The Bertz CT molecular complexity index is 1360. The SMILES string of the molecule is COC(=O)[C@H](Cc1ccc(OC(=O)C(F)(F)F)cc1)NC(=O)[C@H](CO)NC(=O)[C@@H](N)Cc1c[nH]c2ccccc12. The zero-order valence-corrected chi connectivity index (χ0v) is 21.2. The Morgan fingerprint density at radius 3 is 2.25 bits per heavy atom. The molecular weight excluding hydrogens is 537 g/mol. The highest BCUT2D eigenvalue weighted by Gasteiger charge is 2.41. The largest absolute Gasteiger partial charge is 0.491 e. The highest BCUT2D eigenvalue weighted by molar-refractivity contribution is 5.92. The summed E-state index contributed by atoms with van der Waals surface area (Å²) >= 11 is 0. The van der Waals surface area contributed by atoms with E-state index >= 15 is 0 Å². The van der Waals surface area contributed by atoms with Crippen LogP contribution in [-0.4, -0.2) is 71.9 Å². The number of carbonyl (C=O) groups excluding carboxylic acids is 4. The summed E-state index contributed by atoms with van der Waals surface area (Å²) in [5.74, 6) is -5.24. The van der Waals surface area contributed by atoms with Gasteiger partial charge in [-0.2, -0.15) is 13.2 Å². The number of esters is 2. The Hall–Kier alpha value is -4.43. The van der Waals surface area contributed by atoms with E-state index in [4.69, 9.17) is 10.5 Å². The van der Waals surface area contributed by atoms with Crippen LogP contribution >= 0.6 is 0 Å². The maximum atomic E-state index is 12.8. The van der Waals surface area contributed by atoms with Gasteiger partial charge in [0, 0.05) is 23.5 Å². The van der Waals surface area contributed by atoms with Crippen LogP contribution in [0.25, 0.3) is 10.9 Å². The standard InChI is InChI=1S/C26H27F3N4O7/c1-39-24(37)20(10-14-6-8-16(9-7-14)40-25(38)26(27,28)29)32-23(36)21(13-34)33-22(35)18(30)11-15-12-31-19-5-3-2-4-17(15)19/h2-9,12,18,20-21,31,34H,10-11,13,30H2,1H3,(H,32,36)(H,33,35)/t18-,20-,21-/m0/s1. The van der Waals surface area contributed by atoms with Crippen LogP contribution in [0, 0.1) is 0 Å². The molecule has 0 spiro atoms. The number of benzene rings is 2. The molecule has 0 aliphatic heterocycles. The third-order valence-electron chi connectivity index (χ3n) is 5.87. The zero-order valence-electron chi connectivity index (χ0n) is 21.2. The highest BCUT2D eigenvalue weighted by Crippen LogP contribution is 2.21. The third kappa shape index (κ3) is 7.80. The fourth-order valence-electron chi connectivity index (χ4n) is 3.81. The highest BCUT2D eigenvalue weighted by atomic mass is 19.4. The first-order valence-corrected chi connectivity index (χ1v) is 11.9. The van der Waals surface area contributed by atoms with Gasteiger partial charge in [0.1, 0.15) is 17.8 Å². The number of ether oxygens (including phenoxy) is 2. The minimum atomic E-state index is -5.17. The number of halogens is 3. The molecule has 0 saturated heterocycles. The van der Waals surface area contributed by atoms with Crippen LogP contribution in [0.1, 0.15) is 11.1 Å². The molecule has 1 heterocycles. The van der Waals surface area contributed by atoms with Crippen molar-refractivity contribution in [2.45, 2.75) is 37.1 Å². The molecule has 0 radical (unpaired) electrons. The number of H-pyrrole nitrogens is 1. The number of aromatic amines is 1. The molecule has 0 saturated carbocycles. The van der Waals surface area contributed by atoms with Crippen molar-refractivity contribution in [3.05, 3.63) is 65.9 Å². The molecule has 2 aromatic carbocycles. The monoisotopic (exact) mass is 564 g/mol. The lowest BCUT2D eigenvalue weighted by Crippen LogP contribution is -2.56. The number of hydrogen-bond donors (Lipinski definition) is 5.